The molecule has 0 aliphatic heterocycles. The first kappa shape index (κ1) is 10.6. The lowest BCUT2D eigenvalue weighted by molar-refractivity contribution is 0.912. The predicted octanol–water partition coefficient (Wildman–Crippen LogP) is 3.34. The molecule has 0 fully saturated rings. The monoisotopic (exact) mass is 238 g/mol. The summed E-state index contributed by atoms with van der Waals surface area (Å²) in [6.07, 6.45) is 1.66. The zero-order chi connectivity index (χ0) is 10.7. The molecule has 0 saturated heterocycles. The Labute approximate surface area is 98.0 Å². The highest BCUT2D eigenvalue weighted by atomic mass is 35.5. The number of rotatable bonds is 3. The van der Waals surface area contributed by atoms with Crippen molar-refractivity contribution in [1.82, 2.24) is 9.97 Å². The summed E-state index contributed by atoms with van der Waals surface area (Å²) in [6.45, 7) is 2.06. The summed E-state index contributed by atoms with van der Waals surface area (Å²) >= 11 is 7.64. The number of aryl methyl sites for hydroxylation is 1. The van der Waals surface area contributed by atoms with Gasteiger partial charge in [0.2, 0.25) is 0 Å². The van der Waals surface area contributed by atoms with Crippen LogP contribution in [0.1, 0.15) is 23.3 Å². The molecule has 2 rings (SSSR count). The third kappa shape index (κ3) is 2.76. The van der Waals surface area contributed by atoms with Gasteiger partial charge in [0, 0.05) is 17.0 Å². The average Bonchev–Trinajstić information content (AvgIpc) is 2.69. The number of hydrogen-bond donors (Lipinski definition) is 0. The second kappa shape index (κ2) is 4.73. The molecule has 0 atom stereocenters. The van der Waals surface area contributed by atoms with Crippen molar-refractivity contribution in [2.24, 2.45) is 0 Å². The maximum atomic E-state index is 5.92. The molecule has 0 bridgehead atoms. The second-order valence-electron chi connectivity index (χ2n) is 3.21. The second-order valence-corrected chi connectivity index (χ2v) is 4.63. The Morgan fingerprint density at radius 1 is 1.40 bits per heavy atom. The van der Waals surface area contributed by atoms with Crippen LogP contribution in [0, 0.1) is 0 Å². The molecule has 2 heterocycles. The molecule has 0 radical (unpaired) electrons. The van der Waals surface area contributed by atoms with Crippen molar-refractivity contribution in [2.75, 3.05) is 0 Å². The van der Waals surface area contributed by atoms with Gasteiger partial charge >= 0.3 is 0 Å². The van der Waals surface area contributed by atoms with Crippen LogP contribution >= 0.6 is 22.9 Å². The first-order valence-electron chi connectivity index (χ1n) is 4.82. The molecule has 0 saturated carbocycles. The molecule has 0 spiro atoms. The molecule has 2 aromatic heterocycles. The summed E-state index contributed by atoms with van der Waals surface area (Å²) in [4.78, 5) is 9.92. The van der Waals surface area contributed by atoms with E-state index < -0.39 is 0 Å². The van der Waals surface area contributed by atoms with Crippen molar-refractivity contribution >= 4 is 22.9 Å². The number of thiophene rings is 1. The van der Waals surface area contributed by atoms with Gasteiger partial charge in [-0.05, 0) is 23.9 Å². The Morgan fingerprint density at radius 2 is 2.27 bits per heavy atom. The van der Waals surface area contributed by atoms with Crippen molar-refractivity contribution in [1.29, 1.82) is 0 Å². The minimum absolute atomic E-state index is 0.536. The van der Waals surface area contributed by atoms with E-state index in [1.54, 1.807) is 11.3 Å². The van der Waals surface area contributed by atoms with Gasteiger partial charge in [-0.25, -0.2) is 9.97 Å². The number of nitrogens with zero attached hydrogens (tertiary/aromatic N) is 2. The Kier molecular flexibility index (Phi) is 3.34. The largest absolute Gasteiger partial charge is 0.237 e. The molecular weight excluding hydrogens is 228 g/mol. The lowest BCUT2D eigenvalue weighted by Gasteiger charge is -2.01. The van der Waals surface area contributed by atoms with Gasteiger partial charge in [-0.2, -0.15) is 0 Å². The van der Waals surface area contributed by atoms with Gasteiger partial charge < -0.3 is 0 Å². The van der Waals surface area contributed by atoms with Crippen molar-refractivity contribution in [2.45, 2.75) is 19.8 Å². The lowest BCUT2D eigenvalue weighted by Crippen LogP contribution is -1.99. The van der Waals surface area contributed by atoms with E-state index in [0.717, 1.165) is 24.4 Å². The SMILES string of the molecule is CCc1cc(Cl)nc(Cc2cccs2)n1. The van der Waals surface area contributed by atoms with E-state index in [9.17, 15) is 0 Å². The van der Waals surface area contributed by atoms with E-state index in [4.69, 9.17) is 11.6 Å². The fraction of sp³-hybridized carbons (Fsp3) is 0.273. The van der Waals surface area contributed by atoms with Gasteiger partial charge in [0.25, 0.3) is 0 Å². The van der Waals surface area contributed by atoms with E-state index >= 15 is 0 Å². The molecule has 0 N–H and O–H groups in total. The highest BCUT2D eigenvalue weighted by molar-refractivity contribution is 7.09. The van der Waals surface area contributed by atoms with E-state index in [0.29, 0.717) is 5.15 Å². The topological polar surface area (TPSA) is 25.8 Å². The van der Waals surface area contributed by atoms with Crippen molar-refractivity contribution in [3.05, 3.63) is 45.1 Å². The highest BCUT2D eigenvalue weighted by Gasteiger charge is 2.03. The molecule has 0 aromatic carbocycles. The Balaban J connectivity index is 2.24. The van der Waals surface area contributed by atoms with E-state index in [2.05, 4.69) is 28.3 Å². The molecular formula is C11H11ClN2S. The summed E-state index contributed by atoms with van der Waals surface area (Å²) in [5.74, 6) is 0.807. The number of halogens is 1. The zero-order valence-corrected chi connectivity index (χ0v) is 9.98. The van der Waals surface area contributed by atoms with Crippen molar-refractivity contribution in [3.8, 4) is 0 Å². The van der Waals surface area contributed by atoms with Crippen LogP contribution in [0.3, 0.4) is 0 Å². The molecule has 0 unspecified atom stereocenters. The Morgan fingerprint density at radius 3 is 2.93 bits per heavy atom. The minimum atomic E-state index is 0.536. The van der Waals surface area contributed by atoms with E-state index in [1.165, 1.54) is 4.88 Å². The fourth-order valence-corrected chi connectivity index (χ4v) is 2.27. The van der Waals surface area contributed by atoms with Crippen molar-refractivity contribution in [3.63, 3.8) is 0 Å². The van der Waals surface area contributed by atoms with Gasteiger partial charge in [-0.3, -0.25) is 0 Å². The summed E-state index contributed by atoms with van der Waals surface area (Å²) in [5, 5.41) is 2.59. The van der Waals surface area contributed by atoms with E-state index in [1.807, 2.05) is 12.1 Å². The first-order chi connectivity index (χ1) is 7.28. The molecule has 2 nitrogen and oxygen atoms in total. The molecule has 2 aromatic rings. The summed E-state index contributed by atoms with van der Waals surface area (Å²) < 4.78 is 0. The summed E-state index contributed by atoms with van der Waals surface area (Å²) in [6, 6.07) is 5.94. The molecule has 15 heavy (non-hydrogen) atoms. The van der Waals surface area contributed by atoms with Gasteiger partial charge in [0.05, 0.1) is 0 Å². The van der Waals surface area contributed by atoms with Crippen LogP contribution in [-0.4, -0.2) is 9.97 Å². The van der Waals surface area contributed by atoms with Crippen LogP contribution in [0.15, 0.2) is 23.6 Å². The van der Waals surface area contributed by atoms with Crippen LogP contribution < -0.4 is 0 Å². The van der Waals surface area contributed by atoms with Crippen molar-refractivity contribution < 1.29 is 0 Å². The van der Waals surface area contributed by atoms with Gasteiger partial charge in [0.15, 0.2) is 0 Å². The molecule has 0 amide bonds. The molecule has 0 aliphatic carbocycles. The summed E-state index contributed by atoms with van der Waals surface area (Å²) in [5.41, 5.74) is 1.00. The maximum Gasteiger partial charge on any atom is 0.135 e. The first-order valence-corrected chi connectivity index (χ1v) is 6.08. The van der Waals surface area contributed by atoms with Crippen LogP contribution in [-0.2, 0) is 12.8 Å². The smallest absolute Gasteiger partial charge is 0.135 e. The third-order valence-corrected chi connectivity index (χ3v) is 3.14. The molecule has 4 heteroatoms. The predicted molar refractivity (Wildman–Crippen MR) is 63.5 cm³/mol. The van der Waals surface area contributed by atoms with Crippen LogP contribution in [0.2, 0.25) is 5.15 Å². The number of aromatic nitrogens is 2. The Hall–Kier alpha value is -0.930. The van der Waals surface area contributed by atoms with Gasteiger partial charge in [0.1, 0.15) is 11.0 Å². The fourth-order valence-electron chi connectivity index (χ4n) is 1.35. The zero-order valence-electron chi connectivity index (χ0n) is 8.40. The third-order valence-electron chi connectivity index (χ3n) is 2.07. The normalized spacial score (nSPS) is 10.5. The average molecular weight is 239 g/mol. The quantitative estimate of drug-likeness (QED) is 0.767. The van der Waals surface area contributed by atoms with Crippen LogP contribution in [0.5, 0.6) is 0 Å². The van der Waals surface area contributed by atoms with Crippen LogP contribution in [0.4, 0.5) is 0 Å². The molecule has 0 aliphatic rings. The van der Waals surface area contributed by atoms with Crippen LogP contribution in [0.25, 0.3) is 0 Å². The van der Waals surface area contributed by atoms with Gasteiger partial charge in [-0.1, -0.05) is 24.6 Å². The maximum absolute atomic E-state index is 5.92. The minimum Gasteiger partial charge on any atom is -0.237 e. The number of hydrogen-bond acceptors (Lipinski definition) is 3. The standard InChI is InChI=1S/C11H11ClN2S/c1-2-8-6-10(12)14-11(13-8)7-9-4-3-5-15-9/h3-6H,2,7H2,1H3. The molecule has 78 valence electrons. The van der Waals surface area contributed by atoms with Gasteiger partial charge in [-0.15, -0.1) is 11.3 Å². The van der Waals surface area contributed by atoms with E-state index in [-0.39, 0.29) is 0 Å². The Bertz CT molecular complexity index is 440. The lowest BCUT2D eigenvalue weighted by atomic mass is 10.3. The summed E-state index contributed by atoms with van der Waals surface area (Å²) in [7, 11) is 0. The highest BCUT2D eigenvalue weighted by Crippen LogP contribution is 2.14.